The van der Waals surface area contributed by atoms with Gasteiger partial charge in [-0.05, 0) is 44.2 Å². The lowest BCUT2D eigenvalue weighted by atomic mass is 10.1. The number of aromatic nitrogens is 2. The number of rotatable bonds is 5. The molecule has 7 nitrogen and oxygen atoms in total. The van der Waals surface area contributed by atoms with Gasteiger partial charge in [0, 0.05) is 34.9 Å². The predicted molar refractivity (Wildman–Crippen MR) is 96.9 cm³/mol. The van der Waals surface area contributed by atoms with Crippen molar-refractivity contribution in [1.29, 1.82) is 0 Å². The van der Waals surface area contributed by atoms with Gasteiger partial charge >= 0.3 is 0 Å². The number of carbonyl (C=O) groups is 2. The Morgan fingerprint density at radius 3 is 2.38 bits per heavy atom. The molecule has 0 atom stereocenters. The molecule has 7 heteroatoms. The van der Waals surface area contributed by atoms with Crippen LogP contribution in [0.1, 0.15) is 27.4 Å². The van der Waals surface area contributed by atoms with E-state index in [-0.39, 0.29) is 18.2 Å². The number of anilines is 2. The topological polar surface area (TPSA) is 97.1 Å². The number of carbonyl (C=O) groups excluding carboxylic acids is 2. The van der Waals surface area contributed by atoms with Gasteiger partial charge in [-0.3, -0.25) is 14.6 Å². The molecule has 0 saturated heterocycles. The van der Waals surface area contributed by atoms with Crippen LogP contribution in [0.2, 0.25) is 0 Å². The summed E-state index contributed by atoms with van der Waals surface area (Å²) in [6, 6.07) is 10.2. The molecule has 0 aliphatic rings. The second-order valence-corrected chi connectivity index (χ2v) is 5.80. The molecule has 0 radical (unpaired) electrons. The van der Waals surface area contributed by atoms with Crippen molar-refractivity contribution in [3.63, 3.8) is 0 Å². The SMILES string of the molecule is Cc1noc(C)c1CC(=O)Nc1cccc(NC(=O)c2ccncc2)c1. The van der Waals surface area contributed by atoms with Gasteiger partial charge in [0.1, 0.15) is 5.76 Å². The van der Waals surface area contributed by atoms with Crippen molar-refractivity contribution in [1.82, 2.24) is 10.1 Å². The Labute approximate surface area is 150 Å². The van der Waals surface area contributed by atoms with Crippen LogP contribution in [0.15, 0.2) is 53.3 Å². The maximum absolute atomic E-state index is 12.3. The van der Waals surface area contributed by atoms with Crippen LogP contribution >= 0.6 is 0 Å². The molecule has 2 N–H and O–H groups in total. The maximum atomic E-state index is 12.3. The zero-order valence-corrected chi connectivity index (χ0v) is 14.4. The fourth-order valence-electron chi connectivity index (χ4n) is 2.50. The minimum Gasteiger partial charge on any atom is -0.361 e. The van der Waals surface area contributed by atoms with E-state index in [4.69, 9.17) is 4.52 Å². The molecule has 0 bridgehead atoms. The smallest absolute Gasteiger partial charge is 0.255 e. The summed E-state index contributed by atoms with van der Waals surface area (Å²) in [7, 11) is 0. The van der Waals surface area contributed by atoms with Crippen molar-refractivity contribution in [2.24, 2.45) is 0 Å². The fourth-order valence-corrected chi connectivity index (χ4v) is 2.50. The third-order valence-corrected chi connectivity index (χ3v) is 3.87. The predicted octanol–water partition coefficient (Wildman–Crippen LogP) is 3.12. The molecule has 2 aromatic heterocycles. The third kappa shape index (κ3) is 4.13. The van der Waals surface area contributed by atoms with Gasteiger partial charge in [0.25, 0.3) is 5.91 Å². The standard InChI is InChI=1S/C19H18N4O3/c1-12-17(13(2)26-23-12)11-18(24)21-15-4-3-5-16(10-15)22-19(25)14-6-8-20-9-7-14/h3-10H,11H2,1-2H3,(H,21,24)(H,22,25). The molecule has 3 aromatic rings. The quantitative estimate of drug-likeness (QED) is 0.737. The summed E-state index contributed by atoms with van der Waals surface area (Å²) in [6.07, 6.45) is 3.29. The highest BCUT2D eigenvalue weighted by molar-refractivity contribution is 6.04. The number of pyridine rings is 1. The van der Waals surface area contributed by atoms with Crippen molar-refractivity contribution in [2.45, 2.75) is 20.3 Å². The lowest BCUT2D eigenvalue weighted by Gasteiger charge is -2.09. The van der Waals surface area contributed by atoms with E-state index in [0.717, 1.165) is 5.56 Å². The van der Waals surface area contributed by atoms with E-state index in [1.807, 2.05) is 0 Å². The van der Waals surface area contributed by atoms with Gasteiger partial charge in [-0.2, -0.15) is 0 Å². The summed E-state index contributed by atoms with van der Waals surface area (Å²) in [6.45, 7) is 3.58. The average molecular weight is 350 g/mol. The van der Waals surface area contributed by atoms with Crippen LogP contribution in [0.25, 0.3) is 0 Å². The molecule has 26 heavy (non-hydrogen) atoms. The summed E-state index contributed by atoms with van der Waals surface area (Å²) < 4.78 is 5.07. The number of hydrogen-bond acceptors (Lipinski definition) is 5. The molecular weight excluding hydrogens is 332 g/mol. The van der Waals surface area contributed by atoms with Gasteiger partial charge in [-0.25, -0.2) is 0 Å². The first-order valence-electron chi connectivity index (χ1n) is 8.06. The Kier molecular flexibility index (Phi) is 5.07. The maximum Gasteiger partial charge on any atom is 0.255 e. The van der Waals surface area contributed by atoms with E-state index in [2.05, 4.69) is 20.8 Å². The van der Waals surface area contributed by atoms with Crippen LogP contribution < -0.4 is 10.6 Å². The van der Waals surface area contributed by atoms with Gasteiger partial charge in [-0.1, -0.05) is 11.2 Å². The Morgan fingerprint density at radius 1 is 1.04 bits per heavy atom. The first kappa shape index (κ1) is 17.3. The zero-order valence-electron chi connectivity index (χ0n) is 14.4. The highest BCUT2D eigenvalue weighted by Gasteiger charge is 2.14. The Bertz CT molecular complexity index is 915. The number of amides is 2. The van der Waals surface area contributed by atoms with E-state index in [0.29, 0.717) is 28.4 Å². The number of nitrogens with one attached hydrogen (secondary N) is 2. The van der Waals surface area contributed by atoms with Crippen molar-refractivity contribution < 1.29 is 14.1 Å². The molecule has 0 spiro atoms. The first-order valence-corrected chi connectivity index (χ1v) is 8.06. The molecular formula is C19H18N4O3. The second-order valence-electron chi connectivity index (χ2n) is 5.80. The van der Waals surface area contributed by atoms with Crippen LogP contribution in [-0.4, -0.2) is 22.0 Å². The first-order chi connectivity index (χ1) is 12.5. The lowest BCUT2D eigenvalue weighted by molar-refractivity contribution is -0.115. The minimum atomic E-state index is -0.244. The van der Waals surface area contributed by atoms with Gasteiger partial charge in [0.2, 0.25) is 5.91 Å². The molecule has 2 amide bonds. The van der Waals surface area contributed by atoms with Crippen LogP contribution in [0.5, 0.6) is 0 Å². The summed E-state index contributed by atoms with van der Waals surface area (Å²) in [5.74, 6) is 0.208. The van der Waals surface area contributed by atoms with E-state index in [9.17, 15) is 9.59 Å². The van der Waals surface area contributed by atoms with Gasteiger partial charge < -0.3 is 15.2 Å². The summed E-state index contributed by atoms with van der Waals surface area (Å²) in [5.41, 5.74) is 3.17. The van der Waals surface area contributed by atoms with E-state index in [1.54, 1.807) is 62.6 Å². The molecule has 3 rings (SSSR count). The highest BCUT2D eigenvalue weighted by atomic mass is 16.5. The van der Waals surface area contributed by atoms with Crippen LogP contribution in [0, 0.1) is 13.8 Å². The number of aryl methyl sites for hydroxylation is 2. The molecule has 0 fully saturated rings. The lowest BCUT2D eigenvalue weighted by Crippen LogP contribution is -2.16. The fraction of sp³-hybridized carbons (Fsp3) is 0.158. The van der Waals surface area contributed by atoms with Gasteiger partial charge in [-0.15, -0.1) is 0 Å². The summed E-state index contributed by atoms with van der Waals surface area (Å²) in [5, 5.41) is 9.46. The number of nitrogens with zero attached hydrogens (tertiary/aromatic N) is 2. The Balaban J connectivity index is 1.65. The van der Waals surface area contributed by atoms with Crippen LogP contribution in [-0.2, 0) is 11.2 Å². The van der Waals surface area contributed by atoms with Crippen molar-refractivity contribution >= 4 is 23.2 Å². The summed E-state index contributed by atoms with van der Waals surface area (Å²) >= 11 is 0. The third-order valence-electron chi connectivity index (χ3n) is 3.87. The Morgan fingerprint density at radius 2 is 1.73 bits per heavy atom. The number of hydrogen-bond donors (Lipinski definition) is 2. The van der Waals surface area contributed by atoms with Crippen molar-refractivity contribution in [2.75, 3.05) is 10.6 Å². The molecule has 0 unspecified atom stereocenters. The van der Waals surface area contributed by atoms with E-state index >= 15 is 0 Å². The largest absolute Gasteiger partial charge is 0.361 e. The minimum absolute atomic E-state index is 0.175. The average Bonchev–Trinajstić information content (AvgIpc) is 2.94. The van der Waals surface area contributed by atoms with Crippen LogP contribution in [0.3, 0.4) is 0 Å². The van der Waals surface area contributed by atoms with E-state index < -0.39 is 0 Å². The normalized spacial score (nSPS) is 10.4. The molecule has 0 aliphatic heterocycles. The second kappa shape index (κ2) is 7.60. The summed E-state index contributed by atoms with van der Waals surface area (Å²) in [4.78, 5) is 28.3. The van der Waals surface area contributed by atoms with E-state index in [1.165, 1.54) is 0 Å². The molecule has 0 saturated carbocycles. The molecule has 2 heterocycles. The zero-order chi connectivity index (χ0) is 18.5. The van der Waals surface area contributed by atoms with Crippen molar-refractivity contribution in [3.8, 4) is 0 Å². The molecule has 1 aromatic carbocycles. The van der Waals surface area contributed by atoms with Gasteiger partial charge in [0.15, 0.2) is 0 Å². The Hall–Kier alpha value is -3.48. The van der Waals surface area contributed by atoms with Crippen molar-refractivity contribution in [3.05, 3.63) is 71.4 Å². The molecule has 0 aliphatic carbocycles. The van der Waals surface area contributed by atoms with Gasteiger partial charge in [0.05, 0.1) is 12.1 Å². The highest BCUT2D eigenvalue weighted by Crippen LogP contribution is 2.18. The monoisotopic (exact) mass is 350 g/mol. The molecule has 132 valence electrons. The van der Waals surface area contributed by atoms with Crippen LogP contribution in [0.4, 0.5) is 11.4 Å². The number of benzene rings is 1.